The molecule has 2 aliphatic rings. The van der Waals surface area contributed by atoms with E-state index in [4.69, 9.17) is 9.84 Å². The Labute approximate surface area is 125 Å². The van der Waals surface area contributed by atoms with Crippen LogP contribution in [0.2, 0.25) is 0 Å². The first-order valence-electron chi connectivity index (χ1n) is 7.86. The van der Waals surface area contributed by atoms with Crippen LogP contribution in [0.1, 0.15) is 44.2 Å². The molecule has 0 aromatic carbocycles. The zero-order chi connectivity index (χ0) is 14.7. The normalized spacial score (nSPS) is 23.0. The van der Waals surface area contributed by atoms with Gasteiger partial charge < -0.3 is 20.5 Å². The van der Waals surface area contributed by atoms with E-state index >= 15 is 0 Å². The van der Waals surface area contributed by atoms with Crippen molar-refractivity contribution in [1.82, 2.24) is 9.97 Å². The predicted molar refractivity (Wildman–Crippen MR) is 81.6 cm³/mol. The van der Waals surface area contributed by atoms with E-state index in [9.17, 15) is 0 Å². The van der Waals surface area contributed by atoms with Crippen LogP contribution in [0.5, 0.6) is 0 Å². The van der Waals surface area contributed by atoms with Crippen LogP contribution in [0.4, 0.5) is 11.8 Å². The molecule has 6 nitrogen and oxygen atoms in total. The van der Waals surface area contributed by atoms with E-state index in [0.29, 0.717) is 11.9 Å². The number of ether oxygens (including phenoxy) is 1. The molecule has 1 aromatic rings. The van der Waals surface area contributed by atoms with Gasteiger partial charge in [0, 0.05) is 31.2 Å². The fraction of sp³-hybridized carbons (Fsp3) is 0.733. The van der Waals surface area contributed by atoms with E-state index in [1.165, 1.54) is 12.8 Å². The number of hydrogen-bond acceptors (Lipinski definition) is 6. The Hall–Kier alpha value is -1.40. The Morgan fingerprint density at radius 1 is 1.38 bits per heavy atom. The maximum atomic E-state index is 9.15. The molecule has 0 unspecified atom stereocenters. The summed E-state index contributed by atoms with van der Waals surface area (Å²) in [5.74, 6) is 2.01. The highest BCUT2D eigenvalue weighted by Crippen LogP contribution is 2.39. The van der Waals surface area contributed by atoms with Gasteiger partial charge in [0.2, 0.25) is 5.95 Å². The zero-order valence-corrected chi connectivity index (χ0v) is 12.5. The van der Waals surface area contributed by atoms with Crippen molar-refractivity contribution >= 4 is 11.8 Å². The van der Waals surface area contributed by atoms with E-state index in [1.807, 2.05) is 13.0 Å². The molecule has 2 heterocycles. The summed E-state index contributed by atoms with van der Waals surface area (Å²) in [6, 6.07) is 1.99. The lowest BCUT2D eigenvalue weighted by Crippen LogP contribution is -2.23. The Bertz CT molecular complexity index is 473. The largest absolute Gasteiger partial charge is 0.394 e. The molecule has 1 saturated heterocycles. The zero-order valence-electron chi connectivity index (χ0n) is 12.5. The molecule has 0 bridgehead atoms. The monoisotopic (exact) mass is 292 g/mol. The summed E-state index contributed by atoms with van der Waals surface area (Å²) < 4.78 is 5.62. The van der Waals surface area contributed by atoms with Crippen molar-refractivity contribution in [3.8, 4) is 0 Å². The van der Waals surface area contributed by atoms with Gasteiger partial charge in [0.1, 0.15) is 5.82 Å². The van der Waals surface area contributed by atoms with Crippen molar-refractivity contribution in [3.05, 3.63) is 11.8 Å². The highest BCUT2D eigenvalue weighted by atomic mass is 16.5. The van der Waals surface area contributed by atoms with Crippen molar-refractivity contribution < 1.29 is 9.84 Å². The molecule has 21 heavy (non-hydrogen) atoms. The van der Waals surface area contributed by atoms with Gasteiger partial charge in [0.05, 0.1) is 18.4 Å². The third-order valence-electron chi connectivity index (χ3n) is 3.93. The molecule has 1 aliphatic heterocycles. The Kier molecular flexibility index (Phi) is 4.55. The lowest BCUT2D eigenvalue weighted by Gasteiger charge is -2.15. The molecule has 0 radical (unpaired) electrons. The van der Waals surface area contributed by atoms with E-state index in [1.54, 1.807) is 0 Å². The van der Waals surface area contributed by atoms with Crippen molar-refractivity contribution in [3.63, 3.8) is 0 Å². The summed E-state index contributed by atoms with van der Waals surface area (Å²) in [6.07, 6.45) is 4.95. The molecule has 1 aliphatic carbocycles. The van der Waals surface area contributed by atoms with Gasteiger partial charge in [-0.2, -0.15) is 4.98 Å². The van der Waals surface area contributed by atoms with Gasteiger partial charge in [-0.1, -0.05) is 0 Å². The summed E-state index contributed by atoms with van der Waals surface area (Å²) in [7, 11) is 0. The summed E-state index contributed by atoms with van der Waals surface area (Å²) in [4.78, 5) is 9.05. The van der Waals surface area contributed by atoms with E-state index in [-0.39, 0.29) is 18.8 Å². The van der Waals surface area contributed by atoms with Gasteiger partial charge in [0.15, 0.2) is 0 Å². The summed E-state index contributed by atoms with van der Waals surface area (Å²) in [6.45, 7) is 3.63. The molecule has 2 fully saturated rings. The van der Waals surface area contributed by atoms with Gasteiger partial charge in [-0.25, -0.2) is 4.98 Å². The minimum absolute atomic E-state index is 0.0505. The highest BCUT2D eigenvalue weighted by Gasteiger charge is 2.26. The smallest absolute Gasteiger partial charge is 0.225 e. The van der Waals surface area contributed by atoms with E-state index < -0.39 is 0 Å². The number of rotatable bonds is 7. The third-order valence-corrected chi connectivity index (χ3v) is 3.93. The number of aliphatic hydroxyl groups is 1. The number of hydrogen-bond donors (Lipinski definition) is 3. The molecule has 116 valence electrons. The van der Waals surface area contributed by atoms with Crippen LogP contribution < -0.4 is 10.6 Å². The third kappa shape index (κ3) is 4.04. The molecule has 0 amide bonds. The maximum absolute atomic E-state index is 9.15. The topological polar surface area (TPSA) is 79.3 Å². The van der Waals surface area contributed by atoms with Crippen molar-refractivity contribution in [1.29, 1.82) is 0 Å². The molecular weight excluding hydrogens is 268 g/mol. The first-order valence-corrected chi connectivity index (χ1v) is 7.86. The Balaban J connectivity index is 1.68. The number of nitrogens with zero attached hydrogens (tertiary/aromatic N) is 2. The second-order valence-corrected chi connectivity index (χ2v) is 6.02. The molecule has 0 spiro atoms. The van der Waals surface area contributed by atoms with Crippen molar-refractivity contribution in [2.24, 2.45) is 0 Å². The SMILES string of the molecule is C[C@H](CO)Nc1nc(NC[C@H]2CCCO2)cc(C2CC2)n1. The summed E-state index contributed by atoms with van der Waals surface area (Å²) in [5, 5.41) is 15.7. The molecule has 3 N–H and O–H groups in total. The molecular formula is C15H24N4O2. The number of aromatic nitrogens is 2. The van der Waals surface area contributed by atoms with Gasteiger partial charge in [-0.15, -0.1) is 0 Å². The van der Waals surface area contributed by atoms with Gasteiger partial charge in [0.25, 0.3) is 0 Å². The Morgan fingerprint density at radius 2 is 2.24 bits per heavy atom. The average Bonchev–Trinajstić information content (AvgIpc) is 3.21. The van der Waals surface area contributed by atoms with Crippen molar-refractivity contribution in [2.45, 2.75) is 50.7 Å². The maximum Gasteiger partial charge on any atom is 0.225 e. The first kappa shape index (κ1) is 14.5. The molecule has 1 saturated carbocycles. The molecule has 2 atom stereocenters. The van der Waals surface area contributed by atoms with Crippen LogP contribution in [-0.2, 0) is 4.74 Å². The number of aliphatic hydroxyl groups excluding tert-OH is 1. The summed E-state index contributed by atoms with van der Waals surface area (Å²) >= 11 is 0. The minimum Gasteiger partial charge on any atom is -0.394 e. The number of anilines is 2. The van der Waals surface area contributed by atoms with Crippen LogP contribution in [0, 0.1) is 0 Å². The Morgan fingerprint density at radius 3 is 2.90 bits per heavy atom. The lowest BCUT2D eigenvalue weighted by atomic mass is 10.2. The molecule has 1 aromatic heterocycles. The van der Waals surface area contributed by atoms with Crippen LogP contribution in [0.3, 0.4) is 0 Å². The lowest BCUT2D eigenvalue weighted by molar-refractivity contribution is 0.120. The molecule has 3 rings (SSSR count). The predicted octanol–water partition coefficient (Wildman–Crippen LogP) is 1.74. The van der Waals surface area contributed by atoms with Crippen LogP contribution in [0.15, 0.2) is 6.07 Å². The second kappa shape index (κ2) is 6.58. The van der Waals surface area contributed by atoms with Crippen LogP contribution in [0.25, 0.3) is 0 Å². The van der Waals surface area contributed by atoms with Crippen LogP contribution in [-0.4, -0.2) is 47.0 Å². The van der Waals surface area contributed by atoms with Crippen molar-refractivity contribution in [2.75, 3.05) is 30.4 Å². The minimum atomic E-state index is -0.0505. The number of nitrogens with one attached hydrogen (secondary N) is 2. The average molecular weight is 292 g/mol. The molecule has 6 heteroatoms. The van der Waals surface area contributed by atoms with Gasteiger partial charge >= 0.3 is 0 Å². The standard InChI is InChI=1S/C15H24N4O2/c1-10(9-20)17-15-18-13(11-4-5-11)7-14(19-15)16-8-12-3-2-6-21-12/h7,10-12,20H,2-6,8-9H2,1H3,(H2,16,17,18,19)/t10-,12-/m1/s1. The quantitative estimate of drug-likeness (QED) is 0.710. The first-order chi connectivity index (χ1) is 10.2. The highest BCUT2D eigenvalue weighted by molar-refractivity contribution is 5.44. The van der Waals surface area contributed by atoms with E-state index in [2.05, 4.69) is 20.6 Å². The van der Waals surface area contributed by atoms with E-state index in [0.717, 1.165) is 37.5 Å². The fourth-order valence-electron chi connectivity index (χ4n) is 2.50. The van der Waals surface area contributed by atoms with Crippen LogP contribution >= 0.6 is 0 Å². The second-order valence-electron chi connectivity index (χ2n) is 6.02. The van der Waals surface area contributed by atoms with Gasteiger partial charge in [-0.3, -0.25) is 0 Å². The summed E-state index contributed by atoms with van der Waals surface area (Å²) in [5.41, 5.74) is 1.09. The fourth-order valence-corrected chi connectivity index (χ4v) is 2.50. The van der Waals surface area contributed by atoms with Gasteiger partial charge in [-0.05, 0) is 32.6 Å².